The van der Waals surface area contributed by atoms with Crippen LogP contribution in [0.5, 0.6) is 11.5 Å². The van der Waals surface area contributed by atoms with Crippen molar-refractivity contribution in [2.75, 3.05) is 18.5 Å². The van der Waals surface area contributed by atoms with Crippen molar-refractivity contribution in [1.82, 2.24) is 0 Å². The van der Waals surface area contributed by atoms with Crippen LogP contribution in [0.4, 0.5) is 5.69 Å². The second kappa shape index (κ2) is 9.06. The van der Waals surface area contributed by atoms with Gasteiger partial charge >= 0.3 is 0 Å². The highest BCUT2D eigenvalue weighted by Crippen LogP contribution is 2.20. The number of ether oxygens (including phenoxy) is 3. The van der Waals surface area contributed by atoms with Gasteiger partial charge < -0.3 is 19.5 Å². The van der Waals surface area contributed by atoms with Gasteiger partial charge in [0.2, 0.25) is 0 Å². The topological polar surface area (TPSA) is 80.6 Å². The molecule has 1 heterocycles. The molecule has 0 aliphatic carbocycles. The van der Waals surface area contributed by atoms with E-state index in [1.165, 1.54) is 0 Å². The number of nitrogens with zero attached hydrogens (tertiary/aromatic N) is 1. The Labute approximate surface area is 158 Å². The number of rotatable bonds is 7. The lowest BCUT2D eigenvalue weighted by Crippen LogP contribution is -2.30. The Hall–Kier alpha value is -3.04. The fraction of sp³-hybridized carbons (Fsp3) is 0.333. The van der Waals surface area contributed by atoms with Crippen molar-refractivity contribution in [2.45, 2.75) is 32.0 Å². The first-order valence-electron chi connectivity index (χ1n) is 8.96. The molecule has 0 bridgehead atoms. The summed E-state index contributed by atoms with van der Waals surface area (Å²) in [5, 5.41) is 11.6. The number of benzene rings is 2. The molecule has 1 N–H and O–H groups in total. The van der Waals surface area contributed by atoms with Crippen molar-refractivity contribution in [3.05, 3.63) is 54.1 Å². The van der Waals surface area contributed by atoms with Crippen LogP contribution in [0.15, 0.2) is 48.5 Å². The molecule has 0 aromatic heterocycles. The van der Waals surface area contributed by atoms with E-state index in [2.05, 4.69) is 5.32 Å². The predicted octanol–water partition coefficient (Wildman–Crippen LogP) is 3.52. The molecule has 0 radical (unpaired) electrons. The highest BCUT2D eigenvalue weighted by molar-refractivity contribution is 5.94. The van der Waals surface area contributed by atoms with Gasteiger partial charge in [-0.25, -0.2) is 0 Å². The molecule has 27 heavy (non-hydrogen) atoms. The minimum absolute atomic E-state index is 0.143. The van der Waals surface area contributed by atoms with Crippen LogP contribution < -0.4 is 14.8 Å². The predicted molar refractivity (Wildman–Crippen MR) is 101 cm³/mol. The Morgan fingerprint density at radius 3 is 2.81 bits per heavy atom. The average Bonchev–Trinajstić information content (AvgIpc) is 3.21. The van der Waals surface area contributed by atoms with E-state index in [4.69, 9.17) is 19.5 Å². The van der Waals surface area contributed by atoms with E-state index in [0.717, 1.165) is 19.4 Å². The second-order valence-electron chi connectivity index (χ2n) is 6.36. The number of nitriles is 1. The van der Waals surface area contributed by atoms with E-state index < -0.39 is 6.10 Å². The number of carbonyl (C=O) groups is 1. The van der Waals surface area contributed by atoms with Gasteiger partial charge in [0.05, 0.1) is 17.7 Å². The maximum atomic E-state index is 12.4. The van der Waals surface area contributed by atoms with E-state index in [0.29, 0.717) is 29.4 Å². The van der Waals surface area contributed by atoms with Crippen LogP contribution >= 0.6 is 0 Å². The monoisotopic (exact) mass is 366 g/mol. The molecule has 140 valence electrons. The molecule has 3 rings (SSSR count). The third-order valence-electron chi connectivity index (χ3n) is 4.23. The highest BCUT2D eigenvalue weighted by Gasteiger charge is 2.17. The Morgan fingerprint density at radius 2 is 2.11 bits per heavy atom. The first kappa shape index (κ1) is 18.7. The average molecular weight is 366 g/mol. The van der Waals surface area contributed by atoms with E-state index in [9.17, 15) is 4.79 Å². The number of carbonyl (C=O) groups excluding carboxylic acids is 1. The van der Waals surface area contributed by atoms with E-state index in [1.54, 1.807) is 43.3 Å². The van der Waals surface area contributed by atoms with E-state index in [-0.39, 0.29) is 12.0 Å². The normalized spacial score (nSPS) is 17.0. The van der Waals surface area contributed by atoms with Crippen molar-refractivity contribution < 1.29 is 19.0 Å². The zero-order chi connectivity index (χ0) is 19.1. The molecule has 2 aromatic carbocycles. The Kier molecular flexibility index (Phi) is 6.29. The van der Waals surface area contributed by atoms with Gasteiger partial charge in [0.1, 0.15) is 18.1 Å². The van der Waals surface area contributed by atoms with Gasteiger partial charge in [0.25, 0.3) is 5.91 Å². The molecule has 1 fully saturated rings. The van der Waals surface area contributed by atoms with Crippen molar-refractivity contribution in [2.24, 2.45) is 0 Å². The highest BCUT2D eigenvalue weighted by atomic mass is 16.5. The van der Waals surface area contributed by atoms with Crippen LogP contribution in [0.25, 0.3) is 0 Å². The van der Waals surface area contributed by atoms with Crippen LogP contribution in [-0.4, -0.2) is 31.3 Å². The van der Waals surface area contributed by atoms with Crippen molar-refractivity contribution in [3.8, 4) is 17.6 Å². The van der Waals surface area contributed by atoms with Gasteiger partial charge in [-0.3, -0.25) is 4.79 Å². The van der Waals surface area contributed by atoms with E-state index >= 15 is 0 Å². The van der Waals surface area contributed by atoms with Crippen LogP contribution in [-0.2, 0) is 9.53 Å². The third kappa shape index (κ3) is 5.47. The fourth-order valence-electron chi connectivity index (χ4n) is 2.74. The molecule has 6 heteroatoms. The number of hydrogen-bond donors (Lipinski definition) is 1. The molecule has 2 unspecified atom stereocenters. The Morgan fingerprint density at radius 1 is 1.30 bits per heavy atom. The second-order valence-corrected chi connectivity index (χ2v) is 6.36. The smallest absolute Gasteiger partial charge is 0.265 e. The molecular formula is C21H22N2O4. The maximum absolute atomic E-state index is 12.4. The summed E-state index contributed by atoms with van der Waals surface area (Å²) in [4.78, 5) is 12.4. The molecule has 1 saturated heterocycles. The minimum Gasteiger partial charge on any atom is -0.491 e. The van der Waals surface area contributed by atoms with Crippen molar-refractivity contribution >= 4 is 11.6 Å². The standard InChI is InChI=1S/C21H22N2O4/c1-15(27-18-9-7-16(13-22)8-10-18)21(24)23-17-4-2-5-19(12-17)26-14-20-6-3-11-25-20/h2,4-5,7-10,12,15,20H,3,6,11,14H2,1H3,(H,23,24). The molecule has 0 saturated carbocycles. The van der Waals surface area contributed by atoms with Crippen LogP contribution in [0.3, 0.4) is 0 Å². The van der Waals surface area contributed by atoms with Crippen LogP contribution in [0.2, 0.25) is 0 Å². The molecule has 1 aliphatic rings. The zero-order valence-electron chi connectivity index (χ0n) is 15.2. The van der Waals surface area contributed by atoms with Gasteiger partial charge in [-0.05, 0) is 56.2 Å². The summed E-state index contributed by atoms with van der Waals surface area (Å²) in [6.07, 6.45) is 1.54. The van der Waals surface area contributed by atoms with Gasteiger partial charge in [-0.15, -0.1) is 0 Å². The summed E-state index contributed by atoms with van der Waals surface area (Å²) in [6, 6.07) is 15.9. The Bertz CT molecular complexity index is 808. The molecule has 2 atom stereocenters. The lowest BCUT2D eigenvalue weighted by atomic mass is 10.2. The number of hydrogen-bond acceptors (Lipinski definition) is 5. The summed E-state index contributed by atoms with van der Waals surface area (Å²) < 4.78 is 16.9. The van der Waals surface area contributed by atoms with Gasteiger partial charge in [-0.2, -0.15) is 5.26 Å². The van der Waals surface area contributed by atoms with Crippen molar-refractivity contribution in [3.63, 3.8) is 0 Å². The summed E-state index contributed by atoms with van der Waals surface area (Å²) in [7, 11) is 0. The molecule has 1 aliphatic heterocycles. The number of nitrogens with one attached hydrogen (secondary N) is 1. The summed E-state index contributed by atoms with van der Waals surface area (Å²) in [5.74, 6) is 0.949. The fourth-order valence-corrected chi connectivity index (χ4v) is 2.74. The van der Waals surface area contributed by atoms with Crippen LogP contribution in [0.1, 0.15) is 25.3 Å². The lowest BCUT2D eigenvalue weighted by molar-refractivity contribution is -0.122. The van der Waals surface area contributed by atoms with Gasteiger partial charge in [-0.1, -0.05) is 6.07 Å². The Balaban J connectivity index is 1.52. The lowest BCUT2D eigenvalue weighted by Gasteiger charge is -2.16. The largest absolute Gasteiger partial charge is 0.491 e. The summed E-state index contributed by atoms with van der Waals surface area (Å²) in [6.45, 7) is 2.97. The number of anilines is 1. The number of amides is 1. The first-order chi connectivity index (χ1) is 13.1. The van der Waals surface area contributed by atoms with Crippen LogP contribution in [0, 0.1) is 11.3 Å². The minimum atomic E-state index is -0.686. The summed E-state index contributed by atoms with van der Waals surface area (Å²) in [5.41, 5.74) is 1.18. The van der Waals surface area contributed by atoms with Gasteiger partial charge in [0.15, 0.2) is 6.10 Å². The third-order valence-corrected chi connectivity index (χ3v) is 4.23. The first-order valence-corrected chi connectivity index (χ1v) is 8.96. The maximum Gasteiger partial charge on any atom is 0.265 e. The van der Waals surface area contributed by atoms with E-state index in [1.807, 2.05) is 18.2 Å². The summed E-state index contributed by atoms with van der Waals surface area (Å²) >= 11 is 0. The zero-order valence-corrected chi connectivity index (χ0v) is 15.2. The molecule has 6 nitrogen and oxygen atoms in total. The van der Waals surface area contributed by atoms with Crippen molar-refractivity contribution in [1.29, 1.82) is 5.26 Å². The SMILES string of the molecule is CC(Oc1ccc(C#N)cc1)C(=O)Nc1cccc(OCC2CCCO2)c1. The molecule has 1 amide bonds. The molecule has 0 spiro atoms. The molecular weight excluding hydrogens is 344 g/mol. The van der Waals surface area contributed by atoms with Gasteiger partial charge in [0, 0.05) is 18.4 Å². The quantitative estimate of drug-likeness (QED) is 0.811. The molecule has 2 aromatic rings.